The van der Waals surface area contributed by atoms with E-state index in [4.69, 9.17) is 0 Å². The van der Waals surface area contributed by atoms with Crippen molar-refractivity contribution in [1.29, 1.82) is 0 Å². The van der Waals surface area contributed by atoms with Crippen LogP contribution in [0.5, 0.6) is 0 Å². The van der Waals surface area contributed by atoms with E-state index in [2.05, 4.69) is 36.0 Å². The van der Waals surface area contributed by atoms with E-state index in [1.54, 1.807) is 0 Å². The van der Waals surface area contributed by atoms with E-state index in [0.717, 1.165) is 44.8 Å². The topological polar surface area (TPSA) is 78.0 Å². The molecule has 3 fully saturated rings. The minimum absolute atomic E-state index is 0.209. The number of aromatic amines is 1. The monoisotopic (exact) mass is 386 g/mol. The summed E-state index contributed by atoms with van der Waals surface area (Å²) in [5.74, 6) is 2.04. The second kappa shape index (κ2) is 8.39. The number of hydrogen-bond acceptors (Lipinski definition) is 6. The number of carbonyl (C=O) groups is 1. The fourth-order valence-electron chi connectivity index (χ4n) is 4.07. The molecule has 0 unspecified atom stereocenters. The van der Waals surface area contributed by atoms with Gasteiger partial charge in [0.15, 0.2) is 0 Å². The SMILES string of the molecule is CCc1nc(SCC(=O)N2C[C@H]3CC[C@@H]2CN(Cc2cccnc2)C3)n[nH]1. The number of aryl methyl sites for hydroxylation is 1. The van der Waals surface area contributed by atoms with Gasteiger partial charge in [0.2, 0.25) is 11.1 Å². The zero-order chi connectivity index (χ0) is 18.6. The molecular formula is C19H26N6OS. The molecule has 3 aliphatic rings. The molecule has 2 bridgehead atoms. The number of amides is 1. The Hall–Kier alpha value is -1.93. The maximum Gasteiger partial charge on any atom is 0.233 e. The number of hydrogen-bond donors (Lipinski definition) is 1. The highest BCUT2D eigenvalue weighted by Gasteiger charge is 2.37. The highest BCUT2D eigenvalue weighted by atomic mass is 32.2. The molecule has 0 aromatic carbocycles. The van der Waals surface area contributed by atoms with E-state index >= 15 is 0 Å². The number of rotatable bonds is 6. The highest BCUT2D eigenvalue weighted by Crippen LogP contribution is 2.29. The van der Waals surface area contributed by atoms with Gasteiger partial charge in [-0.05, 0) is 30.4 Å². The Morgan fingerprint density at radius 1 is 1.33 bits per heavy atom. The lowest BCUT2D eigenvalue weighted by atomic mass is 9.95. The number of fused-ring (bicyclic) bond motifs is 4. The van der Waals surface area contributed by atoms with Crippen molar-refractivity contribution in [3.8, 4) is 0 Å². The predicted octanol–water partition coefficient (Wildman–Crippen LogP) is 1.98. The molecule has 2 aromatic rings. The summed E-state index contributed by atoms with van der Waals surface area (Å²) < 4.78 is 0. The Morgan fingerprint density at radius 3 is 3.04 bits per heavy atom. The third kappa shape index (κ3) is 4.50. The molecule has 144 valence electrons. The summed E-state index contributed by atoms with van der Waals surface area (Å²) in [4.78, 5) is 26.1. The molecule has 2 aromatic heterocycles. The zero-order valence-corrected chi connectivity index (χ0v) is 16.5. The largest absolute Gasteiger partial charge is 0.337 e. The van der Waals surface area contributed by atoms with Gasteiger partial charge in [-0.15, -0.1) is 5.10 Å². The lowest BCUT2D eigenvalue weighted by molar-refractivity contribution is -0.132. The molecule has 5 heterocycles. The van der Waals surface area contributed by atoms with E-state index in [1.807, 2.05) is 25.4 Å². The van der Waals surface area contributed by atoms with Crippen LogP contribution in [0, 0.1) is 5.92 Å². The minimum Gasteiger partial charge on any atom is -0.337 e. The Bertz CT molecular complexity index is 767. The van der Waals surface area contributed by atoms with Gasteiger partial charge in [-0.25, -0.2) is 4.98 Å². The van der Waals surface area contributed by atoms with Gasteiger partial charge < -0.3 is 4.90 Å². The van der Waals surface area contributed by atoms with Crippen LogP contribution in [0.4, 0.5) is 0 Å². The third-order valence-electron chi connectivity index (χ3n) is 5.41. The summed E-state index contributed by atoms with van der Waals surface area (Å²) in [6, 6.07) is 4.43. The van der Waals surface area contributed by atoms with E-state index in [0.29, 0.717) is 22.9 Å². The number of thioether (sulfide) groups is 1. The summed E-state index contributed by atoms with van der Waals surface area (Å²) in [5, 5.41) is 7.74. The number of nitrogens with one attached hydrogen (secondary N) is 1. The van der Waals surface area contributed by atoms with E-state index in [1.165, 1.54) is 23.7 Å². The summed E-state index contributed by atoms with van der Waals surface area (Å²) in [7, 11) is 0. The molecule has 27 heavy (non-hydrogen) atoms. The second-order valence-corrected chi connectivity index (χ2v) is 8.35. The van der Waals surface area contributed by atoms with Crippen molar-refractivity contribution >= 4 is 17.7 Å². The van der Waals surface area contributed by atoms with Gasteiger partial charge in [0, 0.05) is 51.0 Å². The van der Waals surface area contributed by atoms with Crippen molar-refractivity contribution in [2.45, 2.75) is 43.9 Å². The fourth-order valence-corrected chi connectivity index (χ4v) is 4.78. The van der Waals surface area contributed by atoms with Gasteiger partial charge in [-0.3, -0.25) is 19.8 Å². The number of H-pyrrole nitrogens is 1. The molecule has 0 spiro atoms. The first kappa shape index (κ1) is 18.4. The minimum atomic E-state index is 0.209. The summed E-state index contributed by atoms with van der Waals surface area (Å²) in [6.45, 7) is 5.83. The molecule has 8 heteroatoms. The fraction of sp³-hybridized carbons (Fsp3) is 0.579. The standard InChI is InChI=1S/C19H26N6OS/c1-2-17-21-19(23-22-17)27-13-18(26)25-11-15-5-6-16(25)12-24(10-15)9-14-4-3-7-20-8-14/h3-4,7-8,15-16H,2,5-6,9-13H2,1H3,(H,21,22,23)/t15-,16+/m0/s1. The van der Waals surface area contributed by atoms with E-state index in [9.17, 15) is 4.79 Å². The van der Waals surface area contributed by atoms with E-state index < -0.39 is 0 Å². The number of piperidine rings is 1. The number of nitrogens with zero attached hydrogens (tertiary/aromatic N) is 5. The molecule has 2 atom stereocenters. The maximum absolute atomic E-state index is 12.9. The van der Waals surface area contributed by atoms with Crippen molar-refractivity contribution in [2.24, 2.45) is 5.92 Å². The van der Waals surface area contributed by atoms with Crippen LogP contribution in [0.25, 0.3) is 0 Å². The average Bonchev–Trinajstić information content (AvgIpc) is 2.99. The molecule has 7 nitrogen and oxygen atoms in total. The average molecular weight is 387 g/mol. The first-order chi connectivity index (χ1) is 13.2. The van der Waals surface area contributed by atoms with Gasteiger partial charge in [0.05, 0.1) is 5.75 Å². The smallest absolute Gasteiger partial charge is 0.233 e. The van der Waals surface area contributed by atoms with Gasteiger partial charge in [0.25, 0.3) is 0 Å². The Morgan fingerprint density at radius 2 is 2.26 bits per heavy atom. The summed E-state index contributed by atoms with van der Waals surface area (Å²) >= 11 is 1.43. The summed E-state index contributed by atoms with van der Waals surface area (Å²) in [6.07, 6.45) is 6.89. The van der Waals surface area contributed by atoms with Crippen LogP contribution in [0.15, 0.2) is 29.7 Å². The zero-order valence-electron chi connectivity index (χ0n) is 15.7. The number of carbonyl (C=O) groups excluding carboxylic acids is 1. The van der Waals surface area contributed by atoms with Crippen molar-refractivity contribution in [3.63, 3.8) is 0 Å². The second-order valence-electron chi connectivity index (χ2n) is 7.41. The van der Waals surface area contributed by atoms with Gasteiger partial charge in [0.1, 0.15) is 5.82 Å². The molecule has 0 aliphatic carbocycles. The van der Waals surface area contributed by atoms with Crippen LogP contribution in [-0.4, -0.2) is 67.3 Å². The molecule has 0 saturated carbocycles. The van der Waals surface area contributed by atoms with Gasteiger partial charge >= 0.3 is 0 Å². The molecule has 0 radical (unpaired) electrons. The first-order valence-corrected chi connectivity index (χ1v) is 10.6. The molecule has 1 N–H and O–H groups in total. The van der Waals surface area contributed by atoms with Crippen LogP contribution in [0.2, 0.25) is 0 Å². The third-order valence-corrected chi connectivity index (χ3v) is 6.24. The Balaban J connectivity index is 1.36. The molecular weight excluding hydrogens is 360 g/mol. The predicted molar refractivity (Wildman–Crippen MR) is 104 cm³/mol. The molecule has 1 amide bonds. The van der Waals surface area contributed by atoms with Crippen LogP contribution in [0.3, 0.4) is 0 Å². The maximum atomic E-state index is 12.9. The molecule has 5 rings (SSSR count). The number of aromatic nitrogens is 4. The van der Waals surface area contributed by atoms with Crippen molar-refractivity contribution in [3.05, 3.63) is 35.9 Å². The van der Waals surface area contributed by atoms with Crippen molar-refractivity contribution < 1.29 is 4.79 Å². The van der Waals surface area contributed by atoms with Gasteiger partial charge in [-0.1, -0.05) is 24.8 Å². The van der Waals surface area contributed by atoms with Crippen LogP contribution in [0.1, 0.15) is 31.2 Å². The Kier molecular flexibility index (Phi) is 5.73. The van der Waals surface area contributed by atoms with Gasteiger partial charge in [-0.2, -0.15) is 0 Å². The number of pyridine rings is 1. The quantitative estimate of drug-likeness (QED) is 0.765. The first-order valence-electron chi connectivity index (χ1n) is 9.66. The lowest BCUT2D eigenvalue weighted by Gasteiger charge is -2.36. The highest BCUT2D eigenvalue weighted by molar-refractivity contribution is 7.99. The van der Waals surface area contributed by atoms with Crippen LogP contribution >= 0.6 is 11.8 Å². The van der Waals surface area contributed by atoms with E-state index in [-0.39, 0.29) is 5.91 Å². The normalized spacial score (nSPS) is 22.8. The van der Waals surface area contributed by atoms with Crippen molar-refractivity contribution in [2.75, 3.05) is 25.4 Å². The Labute approximate surface area is 163 Å². The van der Waals surface area contributed by atoms with Crippen LogP contribution in [-0.2, 0) is 17.8 Å². The van der Waals surface area contributed by atoms with Crippen molar-refractivity contribution in [1.82, 2.24) is 30.0 Å². The van der Waals surface area contributed by atoms with Crippen LogP contribution < -0.4 is 0 Å². The summed E-state index contributed by atoms with van der Waals surface area (Å²) in [5.41, 5.74) is 1.24. The molecule has 3 saturated heterocycles. The molecule has 3 aliphatic heterocycles. The lowest BCUT2D eigenvalue weighted by Crippen LogP contribution is -2.48.